The van der Waals surface area contributed by atoms with E-state index in [2.05, 4.69) is 14.9 Å². The largest absolute Gasteiger partial charge is 0.507 e. The number of H-pyrrole nitrogens is 1. The Bertz CT molecular complexity index is 1980. The van der Waals surface area contributed by atoms with Crippen molar-refractivity contribution in [3.05, 3.63) is 58.9 Å². The summed E-state index contributed by atoms with van der Waals surface area (Å²) in [5.74, 6) is -11.3. The number of primary amides is 1. The van der Waals surface area contributed by atoms with E-state index in [0.29, 0.717) is 28.1 Å². The summed E-state index contributed by atoms with van der Waals surface area (Å²) in [4.78, 5) is 68.4. The average molecular weight is 664 g/mol. The number of aryl methyl sites for hydroxylation is 2. The van der Waals surface area contributed by atoms with Crippen molar-refractivity contribution in [3.8, 4) is 16.9 Å². The number of sulfonamides is 1. The lowest BCUT2D eigenvalue weighted by Crippen LogP contribution is -2.74. The second kappa shape index (κ2) is 10.9. The lowest BCUT2D eigenvalue weighted by Gasteiger charge is -2.52. The van der Waals surface area contributed by atoms with Crippen LogP contribution in [0, 0.1) is 37.5 Å². The van der Waals surface area contributed by atoms with Gasteiger partial charge in [-0.05, 0) is 81.6 Å². The van der Waals surface area contributed by atoms with Crippen LogP contribution in [-0.2, 0) is 35.6 Å². The molecule has 0 spiro atoms. The molecule has 3 aromatic rings. The molecule has 6 atom stereocenters. The minimum Gasteiger partial charge on any atom is -0.507 e. The highest BCUT2D eigenvalue weighted by atomic mass is 32.2. The van der Waals surface area contributed by atoms with Crippen LogP contribution in [0.1, 0.15) is 33.7 Å². The summed E-state index contributed by atoms with van der Waals surface area (Å²) in [6.45, 7) is 3.17. The van der Waals surface area contributed by atoms with Crippen LogP contribution in [0.3, 0.4) is 0 Å². The number of hydrogen-bond acceptors (Lipinski definition) is 11. The first-order chi connectivity index (χ1) is 22.0. The molecule has 14 nitrogen and oxygen atoms in total. The van der Waals surface area contributed by atoms with Gasteiger partial charge in [0.2, 0.25) is 5.91 Å². The second-order valence-corrected chi connectivity index (χ2v) is 14.3. The number of phenols is 1. The van der Waals surface area contributed by atoms with Crippen molar-refractivity contribution >= 4 is 44.8 Å². The number of aromatic hydroxyl groups is 1. The number of hydrogen-bond donors (Lipinski definition) is 5. The van der Waals surface area contributed by atoms with Crippen LogP contribution in [-0.4, -0.2) is 88.5 Å². The predicted octanol–water partition coefficient (Wildman–Crippen LogP) is 0.675. The SMILES string of the molecule is Cc1n[nH]c(C)c1S(=O)(=O)Nc1ccc(-c2ccc(O)c3c2CC2CC4C(N(C)C)C(=O)C(C(N)=O)C(=O)C4(O)C(=O)C2C3=O)cc1. The van der Waals surface area contributed by atoms with Gasteiger partial charge >= 0.3 is 0 Å². The number of carbonyl (C=O) groups is 5. The molecule has 0 radical (unpaired) electrons. The van der Waals surface area contributed by atoms with Gasteiger partial charge in [0.15, 0.2) is 34.7 Å². The normalized spacial score (nSPS) is 27.3. The molecule has 15 heteroatoms. The molecule has 3 aliphatic rings. The van der Waals surface area contributed by atoms with Crippen molar-refractivity contribution in [1.82, 2.24) is 15.1 Å². The lowest BCUT2D eigenvalue weighted by atomic mass is 9.52. The summed E-state index contributed by atoms with van der Waals surface area (Å²) in [5.41, 5.74) is 4.95. The van der Waals surface area contributed by atoms with Crippen LogP contribution in [0.4, 0.5) is 5.69 Å². The Kier molecular flexibility index (Phi) is 7.49. The topological polar surface area (TPSA) is 230 Å². The number of carbonyl (C=O) groups excluding carboxylic acids is 5. The number of Topliss-reactive ketones (excluding diaryl/α,β-unsaturated/α-hetero) is 4. The summed E-state index contributed by atoms with van der Waals surface area (Å²) in [6, 6.07) is 8.08. The molecule has 2 fully saturated rings. The number of phenolic OH excluding ortho intramolecular Hbond substituents is 1. The smallest absolute Gasteiger partial charge is 0.265 e. The Morgan fingerprint density at radius 3 is 2.30 bits per heavy atom. The lowest BCUT2D eigenvalue weighted by molar-refractivity contribution is -0.181. The van der Waals surface area contributed by atoms with E-state index in [1.54, 1.807) is 44.2 Å². The average Bonchev–Trinajstić information content (AvgIpc) is 3.33. The maximum atomic E-state index is 14.0. The monoisotopic (exact) mass is 663 g/mol. The van der Waals surface area contributed by atoms with Gasteiger partial charge in [-0.3, -0.25) is 38.7 Å². The number of anilines is 1. The van der Waals surface area contributed by atoms with Gasteiger partial charge in [-0.15, -0.1) is 0 Å². The summed E-state index contributed by atoms with van der Waals surface area (Å²) in [5, 5.41) is 29.2. The molecule has 0 saturated heterocycles. The fourth-order valence-corrected chi connectivity index (χ4v) is 9.17. The number of nitrogens with one attached hydrogen (secondary N) is 2. The van der Waals surface area contributed by atoms with E-state index in [-0.39, 0.29) is 29.0 Å². The molecule has 6 rings (SSSR count). The summed E-state index contributed by atoms with van der Waals surface area (Å²) >= 11 is 0. The number of nitrogens with zero attached hydrogens (tertiary/aromatic N) is 2. The molecule has 246 valence electrons. The van der Waals surface area contributed by atoms with Crippen molar-refractivity contribution in [2.24, 2.45) is 29.4 Å². The van der Waals surface area contributed by atoms with Crippen LogP contribution in [0.5, 0.6) is 5.75 Å². The third-order valence-electron chi connectivity index (χ3n) is 9.72. The first-order valence-electron chi connectivity index (χ1n) is 14.8. The quantitative estimate of drug-likeness (QED) is 0.230. The Labute approximate surface area is 269 Å². The van der Waals surface area contributed by atoms with Crippen LogP contribution < -0.4 is 10.5 Å². The van der Waals surface area contributed by atoms with Gasteiger partial charge in [0, 0.05) is 11.6 Å². The van der Waals surface area contributed by atoms with E-state index in [9.17, 15) is 42.6 Å². The summed E-state index contributed by atoms with van der Waals surface area (Å²) in [6.07, 6.45) is 0.00947. The van der Waals surface area contributed by atoms with Gasteiger partial charge in [0.1, 0.15) is 10.6 Å². The number of aliphatic hydroxyl groups is 1. The molecular weight excluding hydrogens is 630 g/mol. The third kappa shape index (κ3) is 4.71. The molecule has 0 bridgehead atoms. The van der Waals surface area contributed by atoms with Crippen LogP contribution in [0.2, 0.25) is 0 Å². The van der Waals surface area contributed by atoms with Crippen molar-refractivity contribution in [1.29, 1.82) is 0 Å². The fraction of sp³-hybridized carbons (Fsp3) is 0.375. The molecule has 47 heavy (non-hydrogen) atoms. The number of nitrogens with two attached hydrogens (primary N) is 1. The number of fused-ring (bicyclic) bond motifs is 3. The minimum absolute atomic E-state index is 0.0409. The minimum atomic E-state index is -3.95. The number of rotatable bonds is 6. The van der Waals surface area contributed by atoms with Gasteiger partial charge < -0.3 is 15.9 Å². The molecule has 1 aromatic heterocycles. The number of aromatic nitrogens is 2. The van der Waals surface area contributed by atoms with E-state index in [1.165, 1.54) is 25.1 Å². The van der Waals surface area contributed by atoms with Crippen LogP contribution in [0.25, 0.3) is 11.1 Å². The maximum absolute atomic E-state index is 14.0. The number of likely N-dealkylation sites (N-methyl/N-ethyl adjacent to an activating group) is 1. The zero-order valence-electron chi connectivity index (χ0n) is 25.9. The first kappa shape index (κ1) is 32.2. The highest BCUT2D eigenvalue weighted by Crippen LogP contribution is 2.51. The standard InChI is InChI=1S/C32H33N5O9S/c1-13-28(14(2)35-34-13)47(45,46)36-17-7-5-15(6-8-17)18-9-10-21(38)23-19(18)11-16-12-20-25(37(3)4)27(40)24(31(33)43)30(42)32(20,44)29(41)22(16)26(23)39/h5-10,16,20,22,24-25,36,38,44H,11-12H2,1-4H3,(H2,33,43)(H,34,35). The van der Waals surface area contributed by atoms with Gasteiger partial charge in [-0.2, -0.15) is 5.10 Å². The second-order valence-electron chi connectivity index (χ2n) is 12.7. The van der Waals surface area contributed by atoms with E-state index in [4.69, 9.17) is 5.73 Å². The molecule has 3 aliphatic carbocycles. The molecule has 0 aliphatic heterocycles. The Hall–Kier alpha value is -4.73. The molecule has 1 amide bonds. The van der Waals surface area contributed by atoms with Crippen molar-refractivity contribution in [3.63, 3.8) is 0 Å². The Morgan fingerprint density at radius 1 is 1.06 bits per heavy atom. The molecule has 2 aromatic carbocycles. The highest BCUT2D eigenvalue weighted by Gasteiger charge is 2.69. The predicted molar refractivity (Wildman–Crippen MR) is 166 cm³/mol. The third-order valence-corrected chi connectivity index (χ3v) is 11.4. The van der Waals surface area contributed by atoms with E-state index in [1.807, 2.05) is 0 Å². The van der Waals surface area contributed by atoms with Crippen molar-refractivity contribution < 1.29 is 42.6 Å². The molecule has 1 heterocycles. The van der Waals surface area contributed by atoms with Gasteiger partial charge in [-0.1, -0.05) is 18.2 Å². The van der Waals surface area contributed by atoms with E-state index >= 15 is 0 Å². The first-order valence-corrected chi connectivity index (χ1v) is 16.3. The van der Waals surface area contributed by atoms with Crippen molar-refractivity contribution in [2.45, 2.75) is 43.2 Å². The van der Waals surface area contributed by atoms with E-state index < -0.39 is 80.1 Å². The number of aromatic amines is 1. The molecule has 6 unspecified atom stereocenters. The maximum Gasteiger partial charge on any atom is 0.265 e. The molecule has 2 saturated carbocycles. The zero-order chi connectivity index (χ0) is 34.3. The fourth-order valence-electron chi connectivity index (χ4n) is 7.74. The van der Waals surface area contributed by atoms with Crippen molar-refractivity contribution in [2.75, 3.05) is 18.8 Å². The van der Waals surface area contributed by atoms with Gasteiger partial charge in [0.05, 0.1) is 28.9 Å². The van der Waals surface area contributed by atoms with E-state index in [0.717, 1.165) is 0 Å². The Morgan fingerprint density at radius 2 is 1.72 bits per heavy atom. The molecular formula is C32H33N5O9S. The molecule has 6 N–H and O–H groups in total. The van der Waals surface area contributed by atoms with Crippen LogP contribution >= 0.6 is 0 Å². The van der Waals surface area contributed by atoms with Gasteiger partial charge in [0.25, 0.3) is 10.0 Å². The number of benzene rings is 2. The summed E-state index contributed by atoms with van der Waals surface area (Å²) in [7, 11) is -0.907. The number of amides is 1. The highest BCUT2D eigenvalue weighted by molar-refractivity contribution is 7.92. The number of ketones is 4. The summed E-state index contributed by atoms with van der Waals surface area (Å²) < 4.78 is 28.6. The van der Waals surface area contributed by atoms with Gasteiger partial charge in [-0.25, -0.2) is 8.42 Å². The van der Waals surface area contributed by atoms with Crippen LogP contribution in [0.15, 0.2) is 41.3 Å². The Balaban J connectivity index is 1.37. The zero-order valence-corrected chi connectivity index (χ0v) is 26.7.